The van der Waals surface area contributed by atoms with Gasteiger partial charge in [-0.2, -0.15) is 0 Å². The van der Waals surface area contributed by atoms with E-state index in [1.54, 1.807) is 11.1 Å². The molecule has 0 bridgehead atoms. The minimum absolute atomic E-state index is 0.379. The van der Waals surface area contributed by atoms with Gasteiger partial charge in [-0.25, -0.2) is 0 Å². The van der Waals surface area contributed by atoms with Crippen molar-refractivity contribution >= 4 is 0 Å². The van der Waals surface area contributed by atoms with Crippen molar-refractivity contribution in [2.24, 2.45) is 17.1 Å². The molecule has 2 atom stereocenters. The van der Waals surface area contributed by atoms with E-state index in [0.717, 1.165) is 12.5 Å². The van der Waals surface area contributed by atoms with Crippen LogP contribution in [0.25, 0.3) is 0 Å². The van der Waals surface area contributed by atoms with Gasteiger partial charge in [-0.3, -0.25) is 0 Å². The third-order valence-corrected chi connectivity index (χ3v) is 5.36. The molecule has 0 aromatic heterocycles. The molecular formula is C18H27N. The molecule has 2 aliphatic carbocycles. The van der Waals surface area contributed by atoms with Crippen molar-refractivity contribution in [2.45, 2.75) is 58.3 Å². The van der Waals surface area contributed by atoms with Crippen LogP contribution in [-0.4, -0.2) is 6.54 Å². The highest BCUT2D eigenvalue weighted by Gasteiger charge is 2.33. The molecule has 3 rings (SSSR count). The minimum atomic E-state index is 0.379. The van der Waals surface area contributed by atoms with Crippen molar-refractivity contribution in [2.75, 3.05) is 6.54 Å². The highest BCUT2D eigenvalue weighted by molar-refractivity contribution is 5.35. The molecule has 0 amide bonds. The fraction of sp³-hybridized carbons (Fsp3) is 0.667. The van der Waals surface area contributed by atoms with Gasteiger partial charge in [-0.15, -0.1) is 0 Å². The van der Waals surface area contributed by atoms with E-state index in [2.05, 4.69) is 25.1 Å². The van der Waals surface area contributed by atoms with Crippen LogP contribution in [-0.2, 0) is 19.3 Å². The lowest BCUT2D eigenvalue weighted by molar-refractivity contribution is 0.154. The zero-order chi connectivity index (χ0) is 13.3. The van der Waals surface area contributed by atoms with Crippen molar-refractivity contribution in [1.29, 1.82) is 0 Å². The standard InChI is InChI=1S/C18H27N/c1-14-4-3-9-18(11-14,13-19)12-15-7-8-16-5-2-6-17(16)10-15/h7-8,10,14H,2-6,9,11-13,19H2,1H3. The van der Waals surface area contributed by atoms with Crippen LogP contribution in [0.4, 0.5) is 0 Å². The summed E-state index contributed by atoms with van der Waals surface area (Å²) in [4.78, 5) is 0. The Morgan fingerprint density at radius 1 is 1.21 bits per heavy atom. The third-order valence-electron chi connectivity index (χ3n) is 5.36. The van der Waals surface area contributed by atoms with Crippen LogP contribution in [0.5, 0.6) is 0 Å². The molecule has 0 spiro atoms. The molecule has 1 aromatic carbocycles. The Morgan fingerprint density at radius 3 is 2.84 bits per heavy atom. The van der Waals surface area contributed by atoms with Crippen molar-refractivity contribution in [1.82, 2.24) is 0 Å². The van der Waals surface area contributed by atoms with Gasteiger partial charge in [0.1, 0.15) is 0 Å². The number of hydrogen-bond acceptors (Lipinski definition) is 1. The fourth-order valence-corrected chi connectivity index (χ4v) is 4.36. The first kappa shape index (κ1) is 13.2. The summed E-state index contributed by atoms with van der Waals surface area (Å²) in [5.41, 5.74) is 11.3. The zero-order valence-electron chi connectivity index (χ0n) is 12.3. The fourth-order valence-electron chi connectivity index (χ4n) is 4.36. The second kappa shape index (κ2) is 5.28. The topological polar surface area (TPSA) is 26.0 Å². The SMILES string of the molecule is CC1CCCC(CN)(Cc2ccc3c(c2)CCC3)C1. The Morgan fingerprint density at radius 2 is 2.05 bits per heavy atom. The Labute approximate surface area is 117 Å². The van der Waals surface area contributed by atoms with E-state index in [-0.39, 0.29) is 0 Å². The first-order chi connectivity index (χ1) is 9.21. The average molecular weight is 257 g/mol. The van der Waals surface area contributed by atoms with Crippen LogP contribution in [0.2, 0.25) is 0 Å². The van der Waals surface area contributed by atoms with Crippen molar-refractivity contribution in [3.05, 3.63) is 34.9 Å². The summed E-state index contributed by atoms with van der Waals surface area (Å²) in [7, 11) is 0. The molecule has 0 saturated heterocycles. The molecule has 104 valence electrons. The summed E-state index contributed by atoms with van der Waals surface area (Å²) in [6.07, 6.45) is 10.5. The van der Waals surface area contributed by atoms with Crippen LogP contribution in [0.15, 0.2) is 18.2 Å². The average Bonchev–Trinajstić information content (AvgIpc) is 2.86. The Bertz CT molecular complexity index is 451. The molecule has 1 fully saturated rings. The molecule has 2 aliphatic rings. The predicted octanol–water partition coefficient (Wildman–Crippen LogP) is 3.87. The normalized spacial score (nSPS) is 30.3. The van der Waals surface area contributed by atoms with Gasteiger partial charge in [-0.05, 0) is 73.1 Å². The van der Waals surface area contributed by atoms with Crippen LogP contribution in [0.3, 0.4) is 0 Å². The Kier molecular flexibility index (Phi) is 3.66. The first-order valence-corrected chi connectivity index (χ1v) is 8.02. The highest BCUT2D eigenvalue weighted by Crippen LogP contribution is 2.41. The molecule has 0 heterocycles. The molecule has 19 heavy (non-hydrogen) atoms. The maximum atomic E-state index is 6.16. The summed E-state index contributed by atoms with van der Waals surface area (Å²) in [6.45, 7) is 3.25. The number of benzene rings is 1. The quantitative estimate of drug-likeness (QED) is 0.874. The van der Waals surface area contributed by atoms with Crippen LogP contribution in [0.1, 0.15) is 55.7 Å². The van der Waals surface area contributed by atoms with E-state index in [1.807, 2.05) is 0 Å². The number of hydrogen-bond donors (Lipinski definition) is 1. The predicted molar refractivity (Wildman–Crippen MR) is 81.3 cm³/mol. The molecule has 1 nitrogen and oxygen atoms in total. The molecule has 1 heteroatoms. The lowest BCUT2D eigenvalue weighted by Crippen LogP contribution is -2.37. The van der Waals surface area contributed by atoms with Crippen LogP contribution < -0.4 is 5.73 Å². The maximum Gasteiger partial charge on any atom is -0.00172 e. The first-order valence-electron chi connectivity index (χ1n) is 8.02. The van der Waals surface area contributed by atoms with Gasteiger partial charge in [0.15, 0.2) is 0 Å². The van der Waals surface area contributed by atoms with Crippen LogP contribution >= 0.6 is 0 Å². The van der Waals surface area contributed by atoms with Gasteiger partial charge in [0.2, 0.25) is 0 Å². The number of rotatable bonds is 3. The summed E-state index contributed by atoms with van der Waals surface area (Å²) in [5.74, 6) is 0.853. The smallest absolute Gasteiger partial charge is 0.00172 e. The molecule has 0 radical (unpaired) electrons. The maximum absolute atomic E-state index is 6.16. The van der Waals surface area contributed by atoms with Gasteiger partial charge in [0.05, 0.1) is 0 Å². The Hall–Kier alpha value is -0.820. The van der Waals surface area contributed by atoms with E-state index < -0.39 is 0 Å². The number of aryl methyl sites for hydroxylation is 2. The van der Waals surface area contributed by atoms with E-state index >= 15 is 0 Å². The van der Waals surface area contributed by atoms with E-state index in [9.17, 15) is 0 Å². The summed E-state index contributed by atoms with van der Waals surface area (Å²) in [5, 5.41) is 0. The van der Waals surface area contributed by atoms with E-state index in [1.165, 1.54) is 56.9 Å². The van der Waals surface area contributed by atoms with E-state index in [4.69, 9.17) is 5.73 Å². The lowest BCUT2D eigenvalue weighted by Gasteiger charge is -2.39. The number of nitrogens with two attached hydrogens (primary N) is 1. The van der Waals surface area contributed by atoms with Gasteiger partial charge in [0, 0.05) is 0 Å². The molecule has 0 aliphatic heterocycles. The van der Waals surface area contributed by atoms with Crippen molar-refractivity contribution in [3.8, 4) is 0 Å². The van der Waals surface area contributed by atoms with Gasteiger partial charge in [0.25, 0.3) is 0 Å². The summed E-state index contributed by atoms with van der Waals surface area (Å²) in [6, 6.07) is 7.20. The molecule has 2 N–H and O–H groups in total. The molecule has 2 unspecified atom stereocenters. The van der Waals surface area contributed by atoms with E-state index in [0.29, 0.717) is 5.41 Å². The zero-order valence-corrected chi connectivity index (χ0v) is 12.3. The van der Waals surface area contributed by atoms with Crippen LogP contribution in [0, 0.1) is 11.3 Å². The summed E-state index contributed by atoms with van der Waals surface area (Å²) < 4.78 is 0. The van der Waals surface area contributed by atoms with Gasteiger partial charge < -0.3 is 5.73 Å². The molecule has 1 aromatic rings. The minimum Gasteiger partial charge on any atom is -0.330 e. The lowest BCUT2D eigenvalue weighted by atomic mass is 9.67. The van der Waals surface area contributed by atoms with Crippen molar-refractivity contribution in [3.63, 3.8) is 0 Å². The second-order valence-electron chi connectivity index (χ2n) is 7.04. The second-order valence-corrected chi connectivity index (χ2v) is 7.04. The number of fused-ring (bicyclic) bond motifs is 1. The van der Waals surface area contributed by atoms with Gasteiger partial charge in [-0.1, -0.05) is 38.0 Å². The summed E-state index contributed by atoms with van der Waals surface area (Å²) >= 11 is 0. The highest BCUT2D eigenvalue weighted by atomic mass is 14.6. The largest absolute Gasteiger partial charge is 0.330 e. The monoisotopic (exact) mass is 257 g/mol. The molecular weight excluding hydrogens is 230 g/mol. The Balaban J connectivity index is 1.79. The van der Waals surface area contributed by atoms with Gasteiger partial charge >= 0.3 is 0 Å². The van der Waals surface area contributed by atoms with Crippen molar-refractivity contribution < 1.29 is 0 Å². The third kappa shape index (κ3) is 2.72. The molecule has 1 saturated carbocycles.